The molecule has 0 aliphatic heterocycles. The van der Waals surface area contributed by atoms with Gasteiger partial charge in [-0.15, -0.1) is 0 Å². The summed E-state index contributed by atoms with van der Waals surface area (Å²) in [6, 6.07) is 9.69. The van der Waals surface area contributed by atoms with Crippen LogP contribution in [-0.2, 0) is 12.8 Å². The fraction of sp³-hybridized carbons (Fsp3) is 0.778. The SMILES string of the molecule is Cc1cc(N=Nc2cc(C)c3c(c2)[C@H]2CC[C@]4(C)[C@@H]([C@H](C)CCCC(C)C)CC[C@H]4[C@@H]2CC3)cc2c1CC[C@@H]1[C@@H]2CC[C@]2(C)[C@@H]([C@H](C)CCCC(C)C)CC[C@@H]12. The third kappa shape index (κ3) is 7.43. The number of aryl methyl sites for hydroxylation is 2. The molecule has 0 unspecified atom stereocenters. The summed E-state index contributed by atoms with van der Waals surface area (Å²) in [6.45, 7) is 24.9. The summed E-state index contributed by atoms with van der Waals surface area (Å²) in [7, 11) is 0. The highest BCUT2D eigenvalue weighted by Gasteiger charge is 2.57. The summed E-state index contributed by atoms with van der Waals surface area (Å²) in [5.74, 6) is 10.1. The number of azo groups is 1. The molecule has 0 spiro atoms. The van der Waals surface area contributed by atoms with Gasteiger partial charge in [0.15, 0.2) is 0 Å². The Morgan fingerprint density at radius 1 is 0.536 bits per heavy atom. The first-order chi connectivity index (χ1) is 26.8. The Labute approximate surface area is 344 Å². The summed E-state index contributed by atoms with van der Waals surface area (Å²) in [5, 5.41) is 10.2. The van der Waals surface area contributed by atoms with Crippen molar-refractivity contribution >= 4 is 11.4 Å². The van der Waals surface area contributed by atoms with Crippen molar-refractivity contribution in [2.75, 3.05) is 0 Å². The Bertz CT molecular complexity index is 1610. The molecule has 0 N–H and O–H groups in total. The van der Waals surface area contributed by atoms with Crippen LogP contribution in [0.3, 0.4) is 0 Å². The monoisotopic (exact) mass is 759 g/mol. The van der Waals surface area contributed by atoms with Gasteiger partial charge in [-0.2, -0.15) is 10.2 Å². The zero-order chi connectivity index (χ0) is 39.5. The Balaban J connectivity index is 0.977. The molecule has 12 atom stereocenters. The molecule has 2 heteroatoms. The smallest absolute Gasteiger partial charge is 0.0862 e. The van der Waals surface area contributed by atoms with E-state index >= 15 is 0 Å². The summed E-state index contributed by atoms with van der Waals surface area (Å²) in [5.41, 5.74) is 12.7. The van der Waals surface area contributed by atoms with E-state index in [0.717, 1.165) is 70.6 Å². The maximum atomic E-state index is 5.09. The average molecular weight is 759 g/mol. The van der Waals surface area contributed by atoms with Gasteiger partial charge in [-0.05, 0) is 230 Å². The number of hydrogen-bond acceptors (Lipinski definition) is 2. The fourth-order valence-electron chi connectivity index (χ4n) is 16.0. The lowest BCUT2D eigenvalue weighted by molar-refractivity contribution is 0.00962. The number of nitrogens with zero attached hydrogens (tertiary/aromatic N) is 2. The molecule has 6 aliphatic rings. The Morgan fingerprint density at radius 3 is 1.34 bits per heavy atom. The Kier molecular flexibility index (Phi) is 11.8. The molecular formula is C54H82N2. The minimum absolute atomic E-state index is 0.535. The van der Waals surface area contributed by atoms with Crippen LogP contribution in [0.4, 0.5) is 11.4 Å². The van der Waals surface area contributed by atoms with Gasteiger partial charge in [0.25, 0.3) is 0 Å². The van der Waals surface area contributed by atoms with E-state index in [4.69, 9.17) is 10.2 Å². The quantitative estimate of drug-likeness (QED) is 0.193. The Hall–Kier alpha value is -1.96. The number of benzene rings is 2. The van der Waals surface area contributed by atoms with Crippen LogP contribution in [0.5, 0.6) is 0 Å². The average Bonchev–Trinajstić information content (AvgIpc) is 3.70. The van der Waals surface area contributed by atoms with Gasteiger partial charge < -0.3 is 0 Å². The van der Waals surface area contributed by atoms with Gasteiger partial charge in [0.2, 0.25) is 0 Å². The van der Waals surface area contributed by atoms with Crippen molar-refractivity contribution < 1.29 is 0 Å². The third-order valence-electron chi connectivity index (χ3n) is 18.8. The van der Waals surface area contributed by atoms with Crippen LogP contribution >= 0.6 is 0 Å². The van der Waals surface area contributed by atoms with E-state index in [2.05, 4.69) is 93.5 Å². The van der Waals surface area contributed by atoms with Crippen molar-refractivity contribution in [2.24, 2.45) is 80.2 Å². The molecule has 2 aromatic rings. The minimum Gasteiger partial charge on any atom is -0.151 e. The second-order valence-corrected chi connectivity index (χ2v) is 22.8. The summed E-state index contributed by atoms with van der Waals surface area (Å²) < 4.78 is 0. The van der Waals surface area contributed by atoms with Crippen LogP contribution < -0.4 is 0 Å². The molecule has 0 bridgehead atoms. The molecule has 4 fully saturated rings. The van der Waals surface area contributed by atoms with Crippen molar-refractivity contribution in [2.45, 2.75) is 197 Å². The fourth-order valence-corrected chi connectivity index (χ4v) is 16.0. The largest absolute Gasteiger partial charge is 0.151 e. The van der Waals surface area contributed by atoms with E-state index in [-0.39, 0.29) is 0 Å². The van der Waals surface area contributed by atoms with Crippen molar-refractivity contribution in [1.82, 2.24) is 0 Å². The van der Waals surface area contributed by atoms with Gasteiger partial charge in [0, 0.05) is 0 Å². The number of fused-ring (bicyclic) bond motifs is 10. The lowest BCUT2D eigenvalue weighted by atomic mass is 9.53. The number of hydrogen-bond donors (Lipinski definition) is 0. The van der Waals surface area contributed by atoms with E-state index in [1.165, 1.54) is 127 Å². The molecule has 308 valence electrons. The van der Waals surface area contributed by atoms with Crippen LogP contribution in [0.15, 0.2) is 34.5 Å². The molecule has 6 aliphatic carbocycles. The number of rotatable bonds is 12. The molecule has 8 rings (SSSR count). The van der Waals surface area contributed by atoms with Gasteiger partial charge in [-0.3, -0.25) is 0 Å². The van der Waals surface area contributed by atoms with Crippen molar-refractivity contribution in [3.05, 3.63) is 57.6 Å². The molecule has 0 saturated heterocycles. The van der Waals surface area contributed by atoms with Gasteiger partial charge >= 0.3 is 0 Å². The maximum Gasteiger partial charge on any atom is 0.0862 e. The second kappa shape index (κ2) is 16.2. The van der Waals surface area contributed by atoms with E-state index in [1.807, 2.05) is 0 Å². The molecule has 0 aromatic heterocycles. The topological polar surface area (TPSA) is 24.7 Å². The van der Waals surface area contributed by atoms with Crippen molar-refractivity contribution in [3.63, 3.8) is 0 Å². The zero-order valence-electron chi connectivity index (χ0n) is 37.9. The van der Waals surface area contributed by atoms with E-state index < -0.39 is 0 Å². The van der Waals surface area contributed by atoms with Crippen molar-refractivity contribution in [3.8, 4) is 0 Å². The third-order valence-corrected chi connectivity index (χ3v) is 18.8. The second-order valence-electron chi connectivity index (χ2n) is 22.8. The molecule has 4 saturated carbocycles. The first kappa shape index (κ1) is 40.8. The van der Waals surface area contributed by atoms with E-state index in [9.17, 15) is 0 Å². The molecule has 56 heavy (non-hydrogen) atoms. The molecule has 0 heterocycles. The van der Waals surface area contributed by atoms with Gasteiger partial charge in [0.05, 0.1) is 11.4 Å². The molecular weight excluding hydrogens is 677 g/mol. The standard InChI is InChI=1S/C54H82N2/c1-33(2)13-11-15-35(5)49-21-23-51-45-19-17-41-37(7)29-39(31-47(41)43(45)25-27-53(49,51)9)55-56-40-30-38(8)42-18-20-46-44(48(42)32-40)26-28-54(10)50(22-24-52(46)54)36(6)16-12-14-34(3)4/h29-36,43-46,49-52H,11-28H2,1-10H3/t35-,36-,43+,44+,45-,46-,49-,50-,51+,52+,53-,54-/m1/s1. The summed E-state index contributed by atoms with van der Waals surface area (Å²) >= 11 is 0. The van der Waals surface area contributed by atoms with Gasteiger partial charge in [-0.1, -0.05) is 93.9 Å². The highest BCUT2D eigenvalue weighted by atomic mass is 15.1. The maximum absolute atomic E-state index is 5.09. The van der Waals surface area contributed by atoms with Crippen LogP contribution in [0, 0.1) is 83.9 Å². The molecule has 0 amide bonds. The van der Waals surface area contributed by atoms with Crippen LogP contribution in [0.1, 0.15) is 203 Å². The Morgan fingerprint density at radius 2 is 0.946 bits per heavy atom. The first-order valence-electron chi connectivity index (χ1n) is 24.5. The van der Waals surface area contributed by atoms with Crippen molar-refractivity contribution in [1.29, 1.82) is 0 Å². The lowest BCUT2D eigenvalue weighted by Gasteiger charge is -2.52. The first-order valence-corrected chi connectivity index (χ1v) is 24.5. The molecule has 0 radical (unpaired) electrons. The molecule has 2 aromatic carbocycles. The molecule has 2 nitrogen and oxygen atoms in total. The van der Waals surface area contributed by atoms with E-state index in [0.29, 0.717) is 22.7 Å². The normalized spacial score (nSPS) is 35.9. The predicted octanol–water partition coefficient (Wildman–Crippen LogP) is 16.6. The minimum atomic E-state index is 0.535. The lowest BCUT2D eigenvalue weighted by Crippen LogP contribution is -2.43. The summed E-state index contributed by atoms with van der Waals surface area (Å²) in [4.78, 5) is 0. The highest BCUT2D eigenvalue weighted by Crippen LogP contribution is 2.66. The highest BCUT2D eigenvalue weighted by molar-refractivity contribution is 5.54. The van der Waals surface area contributed by atoms with Gasteiger partial charge in [0.1, 0.15) is 0 Å². The summed E-state index contributed by atoms with van der Waals surface area (Å²) in [6.07, 6.45) is 25.2. The van der Waals surface area contributed by atoms with Crippen LogP contribution in [0.25, 0.3) is 0 Å². The predicted molar refractivity (Wildman–Crippen MR) is 238 cm³/mol. The van der Waals surface area contributed by atoms with Gasteiger partial charge in [-0.25, -0.2) is 0 Å². The van der Waals surface area contributed by atoms with E-state index in [1.54, 1.807) is 22.3 Å². The van der Waals surface area contributed by atoms with Crippen LogP contribution in [0.2, 0.25) is 0 Å². The van der Waals surface area contributed by atoms with Crippen LogP contribution in [-0.4, -0.2) is 0 Å². The zero-order valence-corrected chi connectivity index (χ0v) is 37.9.